The van der Waals surface area contributed by atoms with Crippen molar-refractivity contribution in [2.75, 3.05) is 31.1 Å². The van der Waals surface area contributed by atoms with Crippen LogP contribution in [0.25, 0.3) is 0 Å². The van der Waals surface area contributed by atoms with Gasteiger partial charge < -0.3 is 10.2 Å². The maximum Gasteiger partial charge on any atom is 0.324 e. The molecule has 1 N–H and O–H groups in total. The van der Waals surface area contributed by atoms with Crippen LogP contribution in [0.15, 0.2) is 18.2 Å². The minimum Gasteiger partial charge on any atom is -0.317 e. The van der Waals surface area contributed by atoms with Gasteiger partial charge in [0.15, 0.2) is 0 Å². The molecule has 1 aromatic carbocycles. The van der Waals surface area contributed by atoms with Gasteiger partial charge in [0.05, 0.1) is 6.04 Å². The van der Waals surface area contributed by atoms with Gasteiger partial charge in [-0.15, -0.1) is 0 Å². The third kappa shape index (κ3) is 1.77. The van der Waals surface area contributed by atoms with Crippen molar-refractivity contribution in [1.82, 2.24) is 10.2 Å². The van der Waals surface area contributed by atoms with Crippen molar-refractivity contribution in [2.45, 2.75) is 19.9 Å². The predicted octanol–water partition coefficient (Wildman–Crippen LogP) is 1.52. The summed E-state index contributed by atoms with van der Waals surface area (Å²) in [5, 5.41) is 3.35. The summed E-state index contributed by atoms with van der Waals surface area (Å²) in [4.78, 5) is 16.3. The average Bonchev–Trinajstić information content (AvgIpc) is 2.68. The summed E-state index contributed by atoms with van der Waals surface area (Å²) in [5.74, 6) is 0. The molecule has 1 unspecified atom stereocenters. The zero-order valence-corrected chi connectivity index (χ0v) is 10.9. The smallest absolute Gasteiger partial charge is 0.317 e. The number of nitrogens with zero attached hydrogens (tertiary/aromatic N) is 2. The summed E-state index contributed by atoms with van der Waals surface area (Å²) >= 11 is 0. The molecule has 1 aromatic rings. The topological polar surface area (TPSA) is 35.6 Å². The molecule has 3 rings (SSSR count). The van der Waals surface area contributed by atoms with Crippen LogP contribution < -0.4 is 10.2 Å². The Morgan fingerprint density at radius 1 is 1.33 bits per heavy atom. The Morgan fingerprint density at radius 2 is 2.17 bits per heavy atom. The number of nitrogens with one attached hydrogen (secondary N) is 1. The van der Waals surface area contributed by atoms with Gasteiger partial charge in [-0.05, 0) is 25.5 Å². The Hall–Kier alpha value is -1.55. The molecule has 2 heterocycles. The van der Waals surface area contributed by atoms with E-state index in [1.807, 2.05) is 9.80 Å². The lowest BCUT2D eigenvalue weighted by Crippen LogP contribution is -2.49. The zero-order chi connectivity index (χ0) is 12.7. The Labute approximate surface area is 108 Å². The number of anilines is 1. The number of fused-ring (bicyclic) bond motifs is 1. The van der Waals surface area contributed by atoms with Gasteiger partial charge in [0.25, 0.3) is 0 Å². The van der Waals surface area contributed by atoms with Crippen LogP contribution in [-0.2, 0) is 0 Å². The van der Waals surface area contributed by atoms with Gasteiger partial charge in [-0.2, -0.15) is 0 Å². The third-order valence-electron chi connectivity index (χ3n) is 3.86. The number of aryl methyl sites for hydroxylation is 2. The standard InChI is InChI=1S/C14H19N3O/c1-10-3-4-13(11(2)7-10)17-9-12-8-15-5-6-16(12)14(17)18/h3-4,7,12,15H,5-6,8-9H2,1-2H3. The fourth-order valence-electron chi connectivity index (χ4n) is 2.93. The predicted molar refractivity (Wildman–Crippen MR) is 72.0 cm³/mol. The number of hydrogen-bond acceptors (Lipinski definition) is 2. The van der Waals surface area contributed by atoms with Gasteiger partial charge in [0.2, 0.25) is 0 Å². The molecule has 0 saturated carbocycles. The summed E-state index contributed by atoms with van der Waals surface area (Å²) in [5.41, 5.74) is 3.47. The van der Waals surface area contributed by atoms with Crippen molar-refractivity contribution in [1.29, 1.82) is 0 Å². The number of urea groups is 1. The second-order valence-electron chi connectivity index (χ2n) is 5.23. The third-order valence-corrected chi connectivity index (χ3v) is 3.86. The van der Waals surface area contributed by atoms with E-state index in [9.17, 15) is 4.79 Å². The van der Waals surface area contributed by atoms with E-state index in [0.717, 1.165) is 31.9 Å². The molecule has 2 aliphatic heterocycles. The maximum atomic E-state index is 12.4. The van der Waals surface area contributed by atoms with Crippen molar-refractivity contribution in [3.05, 3.63) is 29.3 Å². The molecule has 2 amide bonds. The van der Waals surface area contributed by atoms with Crippen LogP contribution in [0, 0.1) is 13.8 Å². The molecule has 1 atom stereocenters. The van der Waals surface area contributed by atoms with Crippen LogP contribution in [0.3, 0.4) is 0 Å². The molecule has 0 bridgehead atoms. The van der Waals surface area contributed by atoms with Crippen LogP contribution in [0.2, 0.25) is 0 Å². The number of hydrogen-bond donors (Lipinski definition) is 1. The van der Waals surface area contributed by atoms with Crippen molar-refractivity contribution >= 4 is 11.7 Å². The van der Waals surface area contributed by atoms with Crippen LogP contribution in [0.1, 0.15) is 11.1 Å². The first kappa shape index (κ1) is 11.5. The lowest BCUT2D eigenvalue weighted by Gasteiger charge is -2.28. The number of piperazine rings is 1. The minimum absolute atomic E-state index is 0.161. The lowest BCUT2D eigenvalue weighted by atomic mass is 10.1. The van der Waals surface area contributed by atoms with Gasteiger partial charge in [-0.3, -0.25) is 4.90 Å². The van der Waals surface area contributed by atoms with E-state index in [1.54, 1.807) is 0 Å². The second-order valence-corrected chi connectivity index (χ2v) is 5.23. The van der Waals surface area contributed by atoms with Gasteiger partial charge in [-0.25, -0.2) is 4.79 Å². The molecule has 2 aliphatic rings. The average molecular weight is 245 g/mol. The summed E-state index contributed by atoms with van der Waals surface area (Å²) in [7, 11) is 0. The lowest BCUT2D eigenvalue weighted by molar-refractivity contribution is 0.193. The van der Waals surface area contributed by atoms with E-state index in [1.165, 1.54) is 11.1 Å². The highest BCUT2D eigenvalue weighted by atomic mass is 16.2. The zero-order valence-electron chi connectivity index (χ0n) is 10.9. The van der Waals surface area contributed by atoms with Gasteiger partial charge in [0.1, 0.15) is 0 Å². The number of rotatable bonds is 1. The summed E-state index contributed by atoms with van der Waals surface area (Å²) in [6.45, 7) is 7.59. The SMILES string of the molecule is Cc1ccc(N2CC3CNCCN3C2=O)c(C)c1. The van der Waals surface area contributed by atoms with E-state index < -0.39 is 0 Å². The summed E-state index contributed by atoms with van der Waals surface area (Å²) < 4.78 is 0. The monoisotopic (exact) mass is 245 g/mol. The Balaban J connectivity index is 1.91. The van der Waals surface area contributed by atoms with E-state index in [2.05, 4.69) is 37.4 Å². The van der Waals surface area contributed by atoms with E-state index in [-0.39, 0.29) is 6.03 Å². The largest absolute Gasteiger partial charge is 0.324 e. The Morgan fingerprint density at radius 3 is 2.89 bits per heavy atom. The number of benzene rings is 1. The Kier molecular flexibility index (Phi) is 2.74. The summed E-state index contributed by atoms with van der Waals surface area (Å²) in [6.07, 6.45) is 0. The second kappa shape index (κ2) is 4.28. The summed E-state index contributed by atoms with van der Waals surface area (Å²) in [6, 6.07) is 6.76. The number of carbonyl (C=O) groups is 1. The maximum absolute atomic E-state index is 12.4. The van der Waals surface area contributed by atoms with Crippen molar-refractivity contribution < 1.29 is 4.79 Å². The van der Waals surface area contributed by atoms with Crippen LogP contribution >= 0.6 is 0 Å². The Bertz CT molecular complexity index is 486. The van der Waals surface area contributed by atoms with Crippen LogP contribution in [-0.4, -0.2) is 43.2 Å². The molecule has 0 aromatic heterocycles. The molecule has 4 heteroatoms. The first-order valence-electron chi connectivity index (χ1n) is 6.53. The van der Waals surface area contributed by atoms with Gasteiger partial charge in [-0.1, -0.05) is 17.7 Å². The van der Waals surface area contributed by atoms with Crippen molar-refractivity contribution in [3.63, 3.8) is 0 Å². The normalized spacial score (nSPS) is 23.4. The first-order valence-corrected chi connectivity index (χ1v) is 6.53. The molecule has 0 radical (unpaired) electrons. The van der Waals surface area contributed by atoms with E-state index in [0.29, 0.717) is 6.04 Å². The van der Waals surface area contributed by atoms with E-state index in [4.69, 9.17) is 0 Å². The van der Waals surface area contributed by atoms with Crippen LogP contribution in [0.4, 0.5) is 10.5 Å². The molecular weight excluding hydrogens is 226 g/mol. The van der Waals surface area contributed by atoms with Crippen molar-refractivity contribution in [2.24, 2.45) is 0 Å². The highest BCUT2D eigenvalue weighted by molar-refractivity contribution is 5.95. The van der Waals surface area contributed by atoms with Gasteiger partial charge >= 0.3 is 6.03 Å². The molecule has 4 nitrogen and oxygen atoms in total. The molecular formula is C14H19N3O. The molecule has 2 saturated heterocycles. The van der Waals surface area contributed by atoms with Crippen LogP contribution in [0.5, 0.6) is 0 Å². The fraction of sp³-hybridized carbons (Fsp3) is 0.500. The molecule has 0 aliphatic carbocycles. The molecule has 2 fully saturated rings. The van der Waals surface area contributed by atoms with Gasteiger partial charge in [0, 0.05) is 31.9 Å². The first-order chi connectivity index (χ1) is 8.66. The minimum atomic E-state index is 0.161. The van der Waals surface area contributed by atoms with E-state index >= 15 is 0 Å². The number of carbonyl (C=O) groups excluding carboxylic acids is 1. The molecule has 18 heavy (non-hydrogen) atoms. The van der Waals surface area contributed by atoms with Crippen molar-refractivity contribution in [3.8, 4) is 0 Å². The molecule has 0 spiro atoms. The molecule has 96 valence electrons. The number of amides is 2. The highest BCUT2D eigenvalue weighted by Gasteiger charge is 2.39. The quantitative estimate of drug-likeness (QED) is 0.814. The fourth-order valence-corrected chi connectivity index (χ4v) is 2.93. The highest BCUT2D eigenvalue weighted by Crippen LogP contribution is 2.27.